The first-order chi connectivity index (χ1) is 15.8. The van der Waals surface area contributed by atoms with Gasteiger partial charge in [-0.2, -0.15) is 0 Å². The van der Waals surface area contributed by atoms with Crippen LogP contribution in [0.3, 0.4) is 0 Å². The Labute approximate surface area is 187 Å². The van der Waals surface area contributed by atoms with Gasteiger partial charge in [0, 0.05) is 22.9 Å². The standard InChI is InChI=1S/C29H22N2O/c1-21-17-18-30-27(19-21)31-28(24-15-9-4-10-16-24)29-25(22-11-5-2-6-12-22)20-26(32-29)23-13-7-3-8-14-23/h2-20H,1H3. The molecule has 0 unspecified atom stereocenters. The second-order valence-electron chi connectivity index (χ2n) is 7.60. The van der Waals surface area contributed by atoms with Crippen LogP contribution < -0.4 is 0 Å². The van der Waals surface area contributed by atoms with Crippen molar-refractivity contribution in [2.75, 3.05) is 0 Å². The van der Waals surface area contributed by atoms with Crippen molar-refractivity contribution in [1.82, 2.24) is 4.98 Å². The lowest BCUT2D eigenvalue weighted by molar-refractivity contribution is 0.573. The third kappa shape index (κ3) is 4.14. The van der Waals surface area contributed by atoms with E-state index < -0.39 is 0 Å². The Bertz CT molecular complexity index is 1350. The van der Waals surface area contributed by atoms with Crippen molar-refractivity contribution >= 4 is 11.5 Å². The number of aryl methyl sites for hydroxylation is 1. The Morgan fingerprint density at radius 3 is 2.00 bits per heavy atom. The predicted octanol–water partition coefficient (Wildman–Crippen LogP) is 7.49. The lowest BCUT2D eigenvalue weighted by atomic mass is 9.99. The van der Waals surface area contributed by atoms with Crippen LogP contribution in [-0.4, -0.2) is 10.7 Å². The van der Waals surface area contributed by atoms with Crippen LogP contribution in [0.5, 0.6) is 0 Å². The molecule has 0 amide bonds. The summed E-state index contributed by atoms with van der Waals surface area (Å²) in [6, 6.07) is 36.6. The molecule has 0 N–H and O–H groups in total. The summed E-state index contributed by atoms with van der Waals surface area (Å²) in [5.74, 6) is 2.19. The van der Waals surface area contributed by atoms with E-state index in [1.165, 1.54) is 0 Å². The molecule has 0 bridgehead atoms. The molecule has 0 saturated carbocycles. The van der Waals surface area contributed by atoms with E-state index in [1.54, 1.807) is 6.20 Å². The zero-order chi connectivity index (χ0) is 21.8. The quantitative estimate of drug-likeness (QED) is 0.280. The molecule has 3 heteroatoms. The molecule has 154 valence electrons. The van der Waals surface area contributed by atoms with E-state index in [4.69, 9.17) is 9.41 Å². The molecular formula is C29H22N2O. The summed E-state index contributed by atoms with van der Waals surface area (Å²) < 4.78 is 6.52. The smallest absolute Gasteiger partial charge is 0.161 e. The second-order valence-corrected chi connectivity index (χ2v) is 7.60. The highest BCUT2D eigenvalue weighted by atomic mass is 16.3. The number of hydrogen-bond acceptors (Lipinski definition) is 3. The average Bonchev–Trinajstić information content (AvgIpc) is 3.29. The van der Waals surface area contributed by atoms with Crippen LogP contribution in [0.1, 0.15) is 16.9 Å². The van der Waals surface area contributed by atoms with Gasteiger partial charge in [-0.05, 0) is 36.2 Å². The van der Waals surface area contributed by atoms with Crippen LogP contribution in [0, 0.1) is 6.92 Å². The number of furan rings is 1. The predicted molar refractivity (Wildman–Crippen MR) is 130 cm³/mol. The molecule has 2 heterocycles. The number of aliphatic imine (C=N–C) groups is 1. The second kappa shape index (κ2) is 8.86. The van der Waals surface area contributed by atoms with Gasteiger partial charge in [-0.15, -0.1) is 0 Å². The lowest BCUT2D eigenvalue weighted by Gasteiger charge is -2.08. The third-order valence-corrected chi connectivity index (χ3v) is 5.26. The van der Waals surface area contributed by atoms with Crippen LogP contribution in [0.4, 0.5) is 5.82 Å². The lowest BCUT2D eigenvalue weighted by Crippen LogP contribution is -2.03. The number of pyridine rings is 1. The van der Waals surface area contributed by atoms with Crippen molar-refractivity contribution < 1.29 is 4.42 Å². The van der Waals surface area contributed by atoms with Gasteiger partial charge in [0.15, 0.2) is 11.6 Å². The van der Waals surface area contributed by atoms with E-state index in [0.717, 1.165) is 45.0 Å². The Hall–Kier alpha value is -4.24. The minimum atomic E-state index is 0.653. The van der Waals surface area contributed by atoms with Gasteiger partial charge < -0.3 is 4.42 Å². The van der Waals surface area contributed by atoms with Gasteiger partial charge in [-0.1, -0.05) is 91.0 Å². The highest BCUT2D eigenvalue weighted by Crippen LogP contribution is 2.35. The van der Waals surface area contributed by atoms with Crippen molar-refractivity contribution in [2.45, 2.75) is 6.92 Å². The van der Waals surface area contributed by atoms with Gasteiger partial charge in [0.25, 0.3) is 0 Å². The molecule has 0 aliphatic carbocycles. The Morgan fingerprint density at radius 2 is 1.34 bits per heavy atom. The van der Waals surface area contributed by atoms with Gasteiger partial charge in [0.2, 0.25) is 0 Å². The molecule has 3 aromatic carbocycles. The largest absolute Gasteiger partial charge is 0.454 e. The zero-order valence-corrected chi connectivity index (χ0v) is 17.8. The number of benzene rings is 3. The highest BCUT2D eigenvalue weighted by molar-refractivity contribution is 6.15. The van der Waals surface area contributed by atoms with E-state index in [2.05, 4.69) is 35.3 Å². The summed E-state index contributed by atoms with van der Waals surface area (Å²) in [6.07, 6.45) is 1.78. The molecule has 0 atom stereocenters. The molecule has 3 nitrogen and oxygen atoms in total. The number of aromatic nitrogens is 1. The number of nitrogens with zero attached hydrogens (tertiary/aromatic N) is 2. The Morgan fingerprint density at radius 1 is 0.719 bits per heavy atom. The minimum Gasteiger partial charge on any atom is -0.454 e. The summed E-state index contributed by atoms with van der Waals surface area (Å²) in [6.45, 7) is 2.04. The Kier molecular flexibility index (Phi) is 5.46. The maximum atomic E-state index is 6.52. The Balaban J connectivity index is 1.76. The topological polar surface area (TPSA) is 38.4 Å². The maximum absolute atomic E-state index is 6.52. The first kappa shape index (κ1) is 19.7. The van der Waals surface area contributed by atoms with Gasteiger partial charge in [-0.25, -0.2) is 9.98 Å². The molecule has 32 heavy (non-hydrogen) atoms. The molecule has 0 fully saturated rings. The van der Waals surface area contributed by atoms with E-state index in [0.29, 0.717) is 5.82 Å². The van der Waals surface area contributed by atoms with Crippen molar-refractivity contribution in [3.63, 3.8) is 0 Å². The summed E-state index contributed by atoms with van der Waals surface area (Å²) in [5.41, 5.74) is 5.94. The van der Waals surface area contributed by atoms with E-state index in [1.807, 2.05) is 85.8 Å². The van der Waals surface area contributed by atoms with Gasteiger partial charge in [-0.3, -0.25) is 0 Å². The normalized spacial score (nSPS) is 11.5. The fourth-order valence-electron chi connectivity index (χ4n) is 3.68. The average molecular weight is 415 g/mol. The van der Waals surface area contributed by atoms with Crippen molar-refractivity contribution in [3.05, 3.63) is 132 Å². The molecule has 5 rings (SSSR count). The van der Waals surface area contributed by atoms with Crippen molar-refractivity contribution in [3.8, 4) is 22.5 Å². The van der Waals surface area contributed by atoms with Gasteiger partial charge in [0.05, 0.1) is 0 Å². The maximum Gasteiger partial charge on any atom is 0.161 e. The zero-order valence-electron chi connectivity index (χ0n) is 17.8. The SMILES string of the molecule is Cc1ccnc(N=C(c2ccccc2)c2oc(-c3ccccc3)cc2-c2ccccc2)c1. The molecule has 0 aliphatic heterocycles. The fraction of sp³-hybridized carbons (Fsp3) is 0.0345. The van der Waals surface area contributed by atoms with E-state index in [9.17, 15) is 0 Å². The van der Waals surface area contributed by atoms with Crippen LogP contribution in [-0.2, 0) is 0 Å². The molecular weight excluding hydrogens is 392 g/mol. The van der Waals surface area contributed by atoms with Gasteiger partial charge >= 0.3 is 0 Å². The van der Waals surface area contributed by atoms with Crippen molar-refractivity contribution in [2.24, 2.45) is 4.99 Å². The number of hydrogen-bond donors (Lipinski definition) is 0. The van der Waals surface area contributed by atoms with Crippen LogP contribution in [0.15, 0.2) is 125 Å². The first-order valence-corrected chi connectivity index (χ1v) is 10.6. The van der Waals surface area contributed by atoms with Gasteiger partial charge in [0.1, 0.15) is 11.5 Å². The molecule has 0 saturated heterocycles. The van der Waals surface area contributed by atoms with Crippen LogP contribution in [0.25, 0.3) is 22.5 Å². The minimum absolute atomic E-state index is 0.653. The summed E-state index contributed by atoms with van der Waals surface area (Å²) >= 11 is 0. The highest BCUT2D eigenvalue weighted by Gasteiger charge is 2.21. The summed E-state index contributed by atoms with van der Waals surface area (Å²) in [5, 5.41) is 0. The molecule has 2 aromatic heterocycles. The van der Waals surface area contributed by atoms with E-state index in [-0.39, 0.29) is 0 Å². The number of rotatable bonds is 5. The third-order valence-electron chi connectivity index (χ3n) is 5.26. The van der Waals surface area contributed by atoms with Crippen LogP contribution >= 0.6 is 0 Å². The summed E-state index contributed by atoms with van der Waals surface area (Å²) in [4.78, 5) is 9.43. The summed E-state index contributed by atoms with van der Waals surface area (Å²) in [7, 11) is 0. The molecule has 5 aromatic rings. The van der Waals surface area contributed by atoms with Crippen LogP contribution in [0.2, 0.25) is 0 Å². The monoisotopic (exact) mass is 414 g/mol. The van der Waals surface area contributed by atoms with Crippen molar-refractivity contribution in [1.29, 1.82) is 0 Å². The molecule has 0 spiro atoms. The van der Waals surface area contributed by atoms with E-state index >= 15 is 0 Å². The molecule has 0 aliphatic rings. The fourth-order valence-corrected chi connectivity index (χ4v) is 3.68. The molecule has 0 radical (unpaired) electrons. The first-order valence-electron chi connectivity index (χ1n) is 10.6.